The molecule has 0 saturated heterocycles. The maximum absolute atomic E-state index is 5.75. The Bertz CT molecular complexity index is 610. The van der Waals surface area contributed by atoms with Crippen molar-refractivity contribution in [2.45, 2.75) is 13.0 Å². The second kappa shape index (κ2) is 5.66. The third kappa shape index (κ3) is 3.10. The van der Waals surface area contributed by atoms with Gasteiger partial charge in [0.25, 0.3) is 0 Å². The van der Waals surface area contributed by atoms with Crippen molar-refractivity contribution >= 4 is 38.8 Å². The fraction of sp³-hybridized carbons (Fsp3) is 0.250. The average molecular weight is 340 g/mol. The van der Waals surface area contributed by atoms with Crippen LogP contribution in [-0.2, 0) is 7.05 Å². The number of nitrogens with zero attached hydrogens (tertiary/aromatic N) is 3. The zero-order valence-corrected chi connectivity index (χ0v) is 13.0. The molecule has 19 heavy (non-hydrogen) atoms. The highest BCUT2D eigenvalue weighted by Gasteiger charge is 2.14. The van der Waals surface area contributed by atoms with Crippen LogP contribution in [0.1, 0.15) is 24.4 Å². The predicted molar refractivity (Wildman–Crippen MR) is 83.1 cm³/mol. The van der Waals surface area contributed by atoms with Gasteiger partial charge in [-0.25, -0.2) is 0 Å². The minimum atomic E-state index is 0.00164. The van der Waals surface area contributed by atoms with Crippen LogP contribution in [0.3, 0.4) is 0 Å². The SMILES string of the molecule is CC(Nc1ccc(Br)cc1C(N)=S)c1nncn1C. The number of halogens is 1. The Labute approximate surface area is 125 Å². The van der Waals surface area contributed by atoms with Crippen LogP contribution >= 0.6 is 28.1 Å². The van der Waals surface area contributed by atoms with E-state index in [9.17, 15) is 0 Å². The van der Waals surface area contributed by atoms with Gasteiger partial charge >= 0.3 is 0 Å². The second-order valence-electron chi connectivity index (χ2n) is 4.22. The molecule has 0 amide bonds. The first kappa shape index (κ1) is 14.0. The number of nitrogens with two attached hydrogens (primary N) is 1. The summed E-state index contributed by atoms with van der Waals surface area (Å²) in [6.45, 7) is 2.01. The molecule has 3 N–H and O–H groups in total. The number of benzene rings is 1. The molecule has 0 radical (unpaired) electrons. The van der Waals surface area contributed by atoms with Crippen molar-refractivity contribution in [1.82, 2.24) is 14.8 Å². The van der Waals surface area contributed by atoms with Crippen LogP contribution in [0.15, 0.2) is 29.0 Å². The first-order chi connectivity index (χ1) is 8.99. The molecule has 1 unspecified atom stereocenters. The van der Waals surface area contributed by atoms with Crippen molar-refractivity contribution in [3.63, 3.8) is 0 Å². The van der Waals surface area contributed by atoms with E-state index in [4.69, 9.17) is 18.0 Å². The largest absolute Gasteiger partial charge is 0.389 e. The Balaban J connectivity index is 2.29. The Morgan fingerprint density at radius 1 is 1.53 bits per heavy atom. The average Bonchev–Trinajstić information content (AvgIpc) is 2.77. The van der Waals surface area contributed by atoms with Crippen LogP contribution in [0.25, 0.3) is 0 Å². The van der Waals surface area contributed by atoms with Crippen LogP contribution in [0.4, 0.5) is 5.69 Å². The molecular formula is C12H14BrN5S. The van der Waals surface area contributed by atoms with E-state index < -0.39 is 0 Å². The third-order valence-electron chi connectivity index (χ3n) is 2.75. The molecule has 0 aliphatic rings. The smallest absolute Gasteiger partial charge is 0.154 e. The lowest BCUT2D eigenvalue weighted by Crippen LogP contribution is -2.17. The fourth-order valence-corrected chi connectivity index (χ4v) is 2.36. The van der Waals surface area contributed by atoms with Crippen LogP contribution in [0.2, 0.25) is 0 Å². The van der Waals surface area contributed by atoms with Gasteiger partial charge in [0.05, 0.1) is 6.04 Å². The van der Waals surface area contributed by atoms with Crippen molar-refractivity contribution in [3.05, 3.63) is 40.4 Å². The molecule has 1 atom stereocenters. The Morgan fingerprint density at radius 3 is 2.84 bits per heavy atom. The van der Waals surface area contributed by atoms with Gasteiger partial charge in [-0.3, -0.25) is 0 Å². The molecule has 2 aromatic rings. The second-order valence-corrected chi connectivity index (χ2v) is 5.58. The van der Waals surface area contributed by atoms with Gasteiger partial charge < -0.3 is 15.6 Å². The highest BCUT2D eigenvalue weighted by atomic mass is 79.9. The van der Waals surface area contributed by atoms with Crippen LogP contribution < -0.4 is 11.1 Å². The van der Waals surface area contributed by atoms with Crippen molar-refractivity contribution in [2.75, 3.05) is 5.32 Å². The minimum Gasteiger partial charge on any atom is -0.389 e. The standard InChI is InChI=1S/C12H14BrN5S/c1-7(12-17-15-6-18(12)2)16-10-4-3-8(13)5-9(10)11(14)19/h3-7,16H,1-2H3,(H2,14,19). The van der Waals surface area contributed by atoms with Crippen LogP contribution in [0, 0.1) is 0 Å². The number of nitrogens with one attached hydrogen (secondary N) is 1. The van der Waals surface area contributed by atoms with Gasteiger partial charge in [0.1, 0.15) is 11.3 Å². The number of anilines is 1. The van der Waals surface area contributed by atoms with Crippen LogP contribution in [0.5, 0.6) is 0 Å². The van der Waals surface area contributed by atoms with Crippen molar-refractivity contribution in [3.8, 4) is 0 Å². The number of hydrogen-bond acceptors (Lipinski definition) is 4. The summed E-state index contributed by atoms with van der Waals surface area (Å²) in [5.41, 5.74) is 7.43. The number of thiocarbonyl (C=S) groups is 1. The van der Waals surface area contributed by atoms with Crippen molar-refractivity contribution < 1.29 is 0 Å². The molecule has 1 aromatic carbocycles. The molecule has 7 heteroatoms. The van der Waals surface area contributed by atoms with E-state index in [0.29, 0.717) is 4.99 Å². The predicted octanol–water partition coefficient (Wildman–Crippen LogP) is 2.38. The maximum Gasteiger partial charge on any atom is 0.154 e. The van der Waals surface area contributed by atoms with Crippen LogP contribution in [-0.4, -0.2) is 19.8 Å². The molecule has 0 aliphatic heterocycles. The molecule has 1 aromatic heterocycles. The minimum absolute atomic E-state index is 0.00164. The molecule has 0 aliphatic carbocycles. The molecular weight excluding hydrogens is 326 g/mol. The van der Waals surface area contributed by atoms with Gasteiger partial charge in [0.15, 0.2) is 5.82 Å². The summed E-state index contributed by atoms with van der Waals surface area (Å²) in [4.78, 5) is 0.356. The number of aromatic nitrogens is 3. The summed E-state index contributed by atoms with van der Waals surface area (Å²) in [6.07, 6.45) is 1.67. The van der Waals surface area contributed by atoms with Gasteiger partial charge in [-0.05, 0) is 25.1 Å². The molecule has 1 heterocycles. The molecule has 100 valence electrons. The highest BCUT2D eigenvalue weighted by Crippen LogP contribution is 2.24. The van der Waals surface area contributed by atoms with Gasteiger partial charge in [0.2, 0.25) is 0 Å². The molecule has 5 nitrogen and oxygen atoms in total. The lowest BCUT2D eigenvalue weighted by Gasteiger charge is -2.17. The van der Waals surface area contributed by atoms with E-state index in [1.54, 1.807) is 6.33 Å². The third-order valence-corrected chi connectivity index (χ3v) is 3.47. The summed E-state index contributed by atoms with van der Waals surface area (Å²) >= 11 is 8.48. The monoisotopic (exact) mass is 339 g/mol. The van der Waals surface area contributed by atoms with Gasteiger partial charge in [-0.15, -0.1) is 10.2 Å². The first-order valence-electron chi connectivity index (χ1n) is 5.69. The Kier molecular flexibility index (Phi) is 4.16. The quantitative estimate of drug-likeness (QED) is 0.837. The fourth-order valence-electron chi connectivity index (χ4n) is 1.83. The number of aryl methyl sites for hydroxylation is 1. The van der Waals surface area contributed by atoms with Crippen molar-refractivity contribution in [2.24, 2.45) is 12.8 Å². The zero-order chi connectivity index (χ0) is 14.0. The summed E-state index contributed by atoms with van der Waals surface area (Å²) in [7, 11) is 1.91. The van der Waals surface area contributed by atoms with Gasteiger partial charge in [-0.2, -0.15) is 0 Å². The molecule has 0 bridgehead atoms. The van der Waals surface area contributed by atoms with E-state index in [1.165, 1.54) is 0 Å². The van der Waals surface area contributed by atoms with Gasteiger partial charge in [0, 0.05) is 22.8 Å². The first-order valence-corrected chi connectivity index (χ1v) is 6.89. The summed E-state index contributed by atoms with van der Waals surface area (Å²) in [5.74, 6) is 0.844. The number of rotatable bonds is 4. The molecule has 2 rings (SSSR count). The normalized spacial score (nSPS) is 12.2. The topological polar surface area (TPSA) is 68.8 Å². The lowest BCUT2D eigenvalue weighted by molar-refractivity contribution is 0.719. The number of hydrogen-bond donors (Lipinski definition) is 2. The van der Waals surface area contributed by atoms with E-state index in [1.807, 2.05) is 36.7 Å². The summed E-state index contributed by atoms with van der Waals surface area (Å²) in [6, 6.07) is 5.77. The van der Waals surface area contributed by atoms with Gasteiger partial charge in [-0.1, -0.05) is 28.1 Å². The molecule has 0 fully saturated rings. The summed E-state index contributed by atoms with van der Waals surface area (Å²) < 4.78 is 2.81. The van der Waals surface area contributed by atoms with E-state index in [-0.39, 0.29) is 6.04 Å². The van der Waals surface area contributed by atoms with E-state index >= 15 is 0 Å². The highest BCUT2D eigenvalue weighted by molar-refractivity contribution is 9.10. The van der Waals surface area contributed by atoms with E-state index in [2.05, 4.69) is 31.4 Å². The molecule has 0 spiro atoms. The maximum atomic E-state index is 5.75. The molecule has 0 saturated carbocycles. The van der Waals surface area contributed by atoms with Crippen molar-refractivity contribution in [1.29, 1.82) is 0 Å². The van der Waals surface area contributed by atoms with E-state index in [0.717, 1.165) is 21.5 Å². The Morgan fingerprint density at radius 2 is 2.26 bits per heavy atom. The Hall–Kier alpha value is -1.47. The zero-order valence-electron chi connectivity index (χ0n) is 10.6. The summed E-state index contributed by atoms with van der Waals surface area (Å²) in [5, 5.41) is 11.3. The lowest BCUT2D eigenvalue weighted by atomic mass is 10.1.